The van der Waals surface area contributed by atoms with Gasteiger partial charge in [0.05, 0.1) is 9.49 Å². The molecule has 0 spiro atoms. The van der Waals surface area contributed by atoms with Crippen molar-refractivity contribution < 1.29 is 14.3 Å². The van der Waals surface area contributed by atoms with Crippen LogP contribution in [0.1, 0.15) is 62.4 Å². The molecule has 0 fully saturated rings. The number of fused-ring (bicyclic) bond motifs is 1. The number of carbonyl (C=O) groups is 1. The van der Waals surface area contributed by atoms with Gasteiger partial charge in [-0.15, -0.1) is 0 Å². The van der Waals surface area contributed by atoms with Crippen LogP contribution in [0.25, 0.3) is 0 Å². The van der Waals surface area contributed by atoms with Gasteiger partial charge in [0.15, 0.2) is 5.78 Å². The topological polar surface area (TPSA) is 38.8 Å². The maximum Gasteiger partial charge on any atom is 0.193 e. The molecule has 1 aliphatic carbocycles. The Morgan fingerprint density at radius 1 is 1.26 bits per heavy atom. The number of allylic oxidation sites excluding steroid dienone is 5. The molecule has 5 heteroatoms. The van der Waals surface area contributed by atoms with Crippen LogP contribution < -0.4 is 4.74 Å². The highest BCUT2D eigenvalue weighted by Gasteiger charge is 2.36. The number of ether oxygens (including phenoxy) is 2. The molecule has 1 aromatic rings. The molecule has 0 saturated heterocycles. The molecule has 1 aromatic carbocycles. The first kappa shape index (κ1) is 24.1. The number of rotatable bonds is 11. The lowest BCUT2D eigenvalue weighted by Crippen LogP contribution is -2.28. The highest BCUT2D eigenvalue weighted by atomic mass is 127. The molecule has 0 saturated carbocycles. The summed E-state index contributed by atoms with van der Waals surface area (Å²) in [6.45, 7) is 12.1. The molecule has 168 valence electrons. The standard InChI is InChI=1S/C26H34INO3/c1-5-8-12-23-24(20-11-9-10-13-22(20)31-23)25(29)19-16-18(4)26(21(27)17-19)30-15-14-28(6-2)7-3/h9-10,13,16-17,20H,5-8,11-12,14-15H2,1-4H3. The Kier molecular flexibility index (Phi) is 8.78. The van der Waals surface area contributed by atoms with Gasteiger partial charge in [-0.3, -0.25) is 4.79 Å². The molecular formula is C26H34INO3. The number of halogens is 1. The minimum Gasteiger partial charge on any atom is -0.491 e. The molecule has 0 amide bonds. The van der Waals surface area contributed by atoms with Crippen LogP contribution in [0.4, 0.5) is 0 Å². The van der Waals surface area contributed by atoms with Crippen LogP contribution in [0, 0.1) is 16.4 Å². The molecule has 1 atom stereocenters. The SMILES string of the molecule is CCCCC1=C(C(=O)c2cc(C)c(OCCN(CC)CC)c(I)c2)C2CC=CC=C2O1. The fourth-order valence-electron chi connectivity index (χ4n) is 4.19. The predicted octanol–water partition coefficient (Wildman–Crippen LogP) is 6.44. The molecule has 4 nitrogen and oxygen atoms in total. The normalized spacial score (nSPS) is 17.6. The van der Waals surface area contributed by atoms with Gasteiger partial charge in [-0.2, -0.15) is 0 Å². The summed E-state index contributed by atoms with van der Waals surface area (Å²) in [5, 5.41) is 0. The monoisotopic (exact) mass is 535 g/mol. The molecule has 1 aliphatic heterocycles. The van der Waals surface area contributed by atoms with Crippen LogP contribution in [0.3, 0.4) is 0 Å². The van der Waals surface area contributed by atoms with Crippen LogP contribution in [-0.2, 0) is 4.74 Å². The van der Waals surface area contributed by atoms with E-state index < -0.39 is 0 Å². The molecule has 1 heterocycles. The quantitative estimate of drug-likeness (QED) is 0.242. The Balaban J connectivity index is 1.82. The number of ketones is 1. The first-order chi connectivity index (χ1) is 15.0. The largest absolute Gasteiger partial charge is 0.491 e. The Morgan fingerprint density at radius 3 is 2.71 bits per heavy atom. The van der Waals surface area contributed by atoms with Gasteiger partial charge in [-0.25, -0.2) is 0 Å². The van der Waals surface area contributed by atoms with Crippen molar-refractivity contribution >= 4 is 28.4 Å². The Hall–Kier alpha value is -1.60. The van der Waals surface area contributed by atoms with E-state index in [2.05, 4.69) is 54.3 Å². The summed E-state index contributed by atoms with van der Waals surface area (Å²) < 4.78 is 13.2. The summed E-state index contributed by atoms with van der Waals surface area (Å²) in [5.74, 6) is 2.80. The second-order valence-electron chi connectivity index (χ2n) is 8.14. The first-order valence-corrected chi connectivity index (χ1v) is 12.6. The van der Waals surface area contributed by atoms with Crippen LogP contribution in [0.2, 0.25) is 0 Å². The van der Waals surface area contributed by atoms with Crippen molar-refractivity contribution in [3.8, 4) is 5.75 Å². The van der Waals surface area contributed by atoms with Crippen LogP contribution >= 0.6 is 22.6 Å². The van der Waals surface area contributed by atoms with E-state index in [1.807, 2.05) is 31.2 Å². The fraction of sp³-hybridized carbons (Fsp3) is 0.500. The number of unbranched alkanes of at least 4 members (excludes halogenated alkanes) is 1. The number of Topliss-reactive ketones (excluding diaryl/α,β-unsaturated/α-hetero) is 1. The lowest BCUT2D eigenvalue weighted by atomic mass is 9.86. The zero-order valence-corrected chi connectivity index (χ0v) is 21.3. The molecule has 0 radical (unpaired) electrons. The third-order valence-electron chi connectivity index (χ3n) is 6.04. The number of carbonyl (C=O) groups excluding carboxylic acids is 1. The summed E-state index contributed by atoms with van der Waals surface area (Å²) in [4.78, 5) is 16.0. The van der Waals surface area contributed by atoms with E-state index in [0.29, 0.717) is 6.61 Å². The lowest BCUT2D eigenvalue weighted by Gasteiger charge is -2.19. The molecule has 2 aliphatic rings. The van der Waals surface area contributed by atoms with Crippen molar-refractivity contribution in [3.05, 3.63) is 62.1 Å². The summed E-state index contributed by atoms with van der Waals surface area (Å²) in [5.41, 5.74) is 2.57. The Morgan fingerprint density at radius 2 is 2.03 bits per heavy atom. The summed E-state index contributed by atoms with van der Waals surface area (Å²) in [6, 6.07) is 3.94. The summed E-state index contributed by atoms with van der Waals surface area (Å²) >= 11 is 2.29. The smallest absolute Gasteiger partial charge is 0.193 e. The third-order valence-corrected chi connectivity index (χ3v) is 6.84. The van der Waals surface area contributed by atoms with Crippen molar-refractivity contribution in [2.24, 2.45) is 5.92 Å². The molecule has 0 bridgehead atoms. The predicted molar refractivity (Wildman–Crippen MR) is 134 cm³/mol. The van der Waals surface area contributed by atoms with Gasteiger partial charge in [-0.1, -0.05) is 39.3 Å². The summed E-state index contributed by atoms with van der Waals surface area (Å²) in [7, 11) is 0. The van der Waals surface area contributed by atoms with E-state index >= 15 is 0 Å². The van der Waals surface area contributed by atoms with Gasteiger partial charge in [0.1, 0.15) is 23.9 Å². The average Bonchev–Trinajstić information content (AvgIpc) is 3.14. The maximum atomic E-state index is 13.6. The van der Waals surface area contributed by atoms with Crippen LogP contribution in [0.15, 0.2) is 47.5 Å². The maximum absolute atomic E-state index is 13.6. The minimum atomic E-state index is 0.0484. The van der Waals surface area contributed by atoms with E-state index in [1.54, 1.807) is 0 Å². The number of aryl methyl sites for hydroxylation is 1. The van der Waals surface area contributed by atoms with E-state index in [0.717, 1.165) is 82.9 Å². The lowest BCUT2D eigenvalue weighted by molar-refractivity contribution is 0.102. The fourth-order valence-corrected chi connectivity index (χ4v) is 5.11. The molecular weight excluding hydrogens is 501 g/mol. The number of hydrogen-bond acceptors (Lipinski definition) is 4. The van der Waals surface area contributed by atoms with Gasteiger partial charge in [0.25, 0.3) is 0 Å². The van der Waals surface area contributed by atoms with E-state index in [1.165, 1.54) is 0 Å². The highest BCUT2D eigenvalue weighted by molar-refractivity contribution is 14.1. The second kappa shape index (κ2) is 11.3. The second-order valence-corrected chi connectivity index (χ2v) is 9.30. The number of nitrogens with zero attached hydrogens (tertiary/aromatic N) is 1. The van der Waals surface area contributed by atoms with Crippen LogP contribution in [0.5, 0.6) is 5.75 Å². The van der Waals surface area contributed by atoms with Gasteiger partial charge in [0, 0.05) is 24.1 Å². The minimum absolute atomic E-state index is 0.0484. The third kappa shape index (κ3) is 5.61. The van der Waals surface area contributed by atoms with Crippen molar-refractivity contribution in [2.45, 2.75) is 53.4 Å². The number of benzene rings is 1. The molecule has 3 rings (SSSR count). The van der Waals surface area contributed by atoms with Gasteiger partial charge in [0.2, 0.25) is 0 Å². The van der Waals surface area contributed by atoms with Gasteiger partial charge < -0.3 is 14.4 Å². The zero-order valence-electron chi connectivity index (χ0n) is 19.2. The molecule has 0 N–H and O–H groups in total. The summed E-state index contributed by atoms with van der Waals surface area (Å²) in [6.07, 6.45) is 9.88. The van der Waals surface area contributed by atoms with Crippen molar-refractivity contribution in [1.82, 2.24) is 4.90 Å². The highest BCUT2D eigenvalue weighted by Crippen LogP contribution is 2.42. The van der Waals surface area contributed by atoms with E-state index in [9.17, 15) is 4.79 Å². The van der Waals surface area contributed by atoms with Crippen molar-refractivity contribution in [1.29, 1.82) is 0 Å². The molecule has 0 aromatic heterocycles. The zero-order chi connectivity index (χ0) is 22.4. The Labute approximate surface area is 200 Å². The van der Waals surface area contributed by atoms with E-state index in [-0.39, 0.29) is 11.7 Å². The van der Waals surface area contributed by atoms with Crippen molar-refractivity contribution in [2.75, 3.05) is 26.2 Å². The molecule has 31 heavy (non-hydrogen) atoms. The molecule has 1 unspecified atom stereocenters. The number of hydrogen-bond donors (Lipinski definition) is 0. The Bertz CT molecular complexity index is 873. The number of likely N-dealkylation sites (N-methyl/N-ethyl adjacent to an activating group) is 1. The van der Waals surface area contributed by atoms with Gasteiger partial charge >= 0.3 is 0 Å². The average molecular weight is 535 g/mol. The van der Waals surface area contributed by atoms with Crippen molar-refractivity contribution in [3.63, 3.8) is 0 Å². The van der Waals surface area contributed by atoms with Gasteiger partial charge in [-0.05, 0) is 79.2 Å². The van der Waals surface area contributed by atoms with Crippen LogP contribution in [-0.4, -0.2) is 36.9 Å². The van der Waals surface area contributed by atoms with E-state index in [4.69, 9.17) is 9.47 Å². The first-order valence-electron chi connectivity index (χ1n) is 11.5.